The lowest BCUT2D eigenvalue weighted by Crippen LogP contribution is -2.34. The van der Waals surface area contributed by atoms with Gasteiger partial charge in [0.2, 0.25) is 5.91 Å². The summed E-state index contributed by atoms with van der Waals surface area (Å²) in [7, 11) is -3.92. The minimum absolute atomic E-state index is 0.00169. The lowest BCUT2D eigenvalue weighted by molar-refractivity contribution is -0.127. The molecule has 3 amide bonds. The molecule has 4 rings (SSSR count). The topological polar surface area (TPSA) is 105 Å². The zero-order valence-corrected chi connectivity index (χ0v) is 17.3. The molecule has 31 heavy (non-hydrogen) atoms. The first-order valence-corrected chi connectivity index (χ1v) is 10.8. The fourth-order valence-corrected chi connectivity index (χ4v) is 4.90. The van der Waals surface area contributed by atoms with Gasteiger partial charge >= 0.3 is 0 Å². The van der Waals surface area contributed by atoms with Crippen molar-refractivity contribution in [3.05, 3.63) is 89.4 Å². The standard InChI is InChI=1S/C22H18N2O6S/c1-15(25)23(14-18-5-4-12-30-18)21(26)17-10-8-16(9-11-17)13-24-22(27)19-6-2-3-7-20(19)31(24,28)29/h2-12H,13-14H2,1H3. The quantitative estimate of drug-likeness (QED) is 0.607. The number of hydrogen-bond acceptors (Lipinski definition) is 6. The normalized spacial score (nSPS) is 14.4. The number of amides is 3. The van der Waals surface area contributed by atoms with Crippen molar-refractivity contribution in [1.82, 2.24) is 9.21 Å². The van der Waals surface area contributed by atoms with Crippen LogP contribution in [0.5, 0.6) is 0 Å². The molecule has 2 heterocycles. The Balaban J connectivity index is 1.53. The summed E-state index contributed by atoms with van der Waals surface area (Å²) in [6.07, 6.45) is 1.46. The molecule has 0 unspecified atom stereocenters. The zero-order chi connectivity index (χ0) is 22.2. The number of sulfonamides is 1. The number of furan rings is 1. The van der Waals surface area contributed by atoms with Crippen LogP contribution in [0.15, 0.2) is 76.2 Å². The van der Waals surface area contributed by atoms with E-state index in [0.717, 1.165) is 9.21 Å². The summed E-state index contributed by atoms with van der Waals surface area (Å²) >= 11 is 0. The summed E-state index contributed by atoms with van der Waals surface area (Å²) in [6.45, 7) is 1.13. The highest BCUT2D eigenvalue weighted by molar-refractivity contribution is 7.90. The Hall–Kier alpha value is -3.72. The molecular weight excluding hydrogens is 420 g/mol. The van der Waals surface area contributed by atoms with Crippen LogP contribution in [-0.4, -0.2) is 35.3 Å². The Labute approximate surface area is 178 Å². The first-order chi connectivity index (χ1) is 14.8. The lowest BCUT2D eigenvalue weighted by atomic mass is 10.1. The molecule has 0 saturated carbocycles. The van der Waals surface area contributed by atoms with E-state index in [1.54, 1.807) is 36.4 Å². The third kappa shape index (κ3) is 3.75. The van der Waals surface area contributed by atoms with Gasteiger partial charge in [-0.25, -0.2) is 12.7 Å². The molecule has 2 aromatic carbocycles. The van der Waals surface area contributed by atoms with Gasteiger partial charge in [-0.15, -0.1) is 0 Å². The molecule has 0 bridgehead atoms. The first-order valence-electron chi connectivity index (χ1n) is 9.39. The van der Waals surface area contributed by atoms with Crippen LogP contribution in [0.4, 0.5) is 0 Å². The van der Waals surface area contributed by atoms with E-state index in [1.165, 1.54) is 37.5 Å². The molecule has 0 atom stereocenters. The summed E-state index contributed by atoms with van der Waals surface area (Å²) in [5.41, 5.74) is 0.926. The fourth-order valence-electron chi connectivity index (χ4n) is 3.35. The number of hydrogen-bond donors (Lipinski definition) is 0. The molecule has 0 fully saturated rings. The van der Waals surface area contributed by atoms with E-state index in [9.17, 15) is 22.8 Å². The van der Waals surface area contributed by atoms with Gasteiger partial charge in [0.1, 0.15) is 10.7 Å². The molecule has 1 aliphatic heterocycles. The number of carbonyl (C=O) groups is 3. The van der Waals surface area contributed by atoms with E-state index in [0.29, 0.717) is 11.3 Å². The fraction of sp³-hybridized carbons (Fsp3) is 0.136. The molecule has 3 aromatic rings. The van der Waals surface area contributed by atoms with Gasteiger partial charge in [0.05, 0.1) is 24.9 Å². The predicted molar refractivity (Wildman–Crippen MR) is 109 cm³/mol. The molecule has 0 N–H and O–H groups in total. The van der Waals surface area contributed by atoms with Crippen LogP contribution in [0, 0.1) is 0 Å². The molecule has 0 radical (unpaired) electrons. The third-order valence-electron chi connectivity index (χ3n) is 4.96. The van der Waals surface area contributed by atoms with Crippen LogP contribution in [0.25, 0.3) is 0 Å². The van der Waals surface area contributed by atoms with E-state index < -0.39 is 27.7 Å². The number of nitrogens with zero attached hydrogens (tertiary/aromatic N) is 2. The number of fused-ring (bicyclic) bond motifs is 1. The van der Waals surface area contributed by atoms with E-state index >= 15 is 0 Å². The van der Waals surface area contributed by atoms with Crippen LogP contribution in [0.3, 0.4) is 0 Å². The molecule has 0 spiro atoms. The third-order valence-corrected chi connectivity index (χ3v) is 6.75. The minimum Gasteiger partial charge on any atom is -0.467 e. The maximum atomic E-state index is 12.8. The van der Waals surface area contributed by atoms with E-state index in [2.05, 4.69) is 0 Å². The Morgan fingerprint density at radius 2 is 1.71 bits per heavy atom. The van der Waals surface area contributed by atoms with Gasteiger partial charge in [-0.3, -0.25) is 19.3 Å². The van der Waals surface area contributed by atoms with Crippen LogP contribution in [0.1, 0.15) is 39.0 Å². The van der Waals surface area contributed by atoms with Gasteiger partial charge < -0.3 is 4.42 Å². The van der Waals surface area contributed by atoms with Gasteiger partial charge in [0.25, 0.3) is 21.8 Å². The number of rotatable bonds is 5. The SMILES string of the molecule is CC(=O)N(Cc1ccco1)C(=O)c1ccc(CN2C(=O)c3ccccc3S2(=O)=O)cc1. The zero-order valence-electron chi connectivity index (χ0n) is 16.5. The van der Waals surface area contributed by atoms with E-state index in [-0.39, 0.29) is 29.1 Å². The molecule has 8 nitrogen and oxygen atoms in total. The van der Waals surface area contributed by atoms with Crippen molar-refractivity contribution in [1.29, 1.82) is 0 Å². The summed E-state index contributed by atoms with van der Waals surface area (Å²) in [5.74, 6) is -1.06. The Bertz CT molecular complexity index is 1260. The number of carbonyl (C=O) groups excluding carboxylic acids is 3. The minimum atomic E-state index is -3.92. The molecule has 0 aliphatic carbocycles. The van der Waals surface area contributed by atoms with Crippen molar-refractivity contribution in [3.63, 3.8) is 0 Å². The van der Waals surface area contributed by atoms with Crippen molar-refractivity contribution in [2.75, 3.05) is 0 Å². The Morgan fingerprint density at radius 1 is 1.00 bits per heavy atom. The number of imide groups is 1. The molecule has 0 saturated heterocycles. The predicted octanol–water partition coefficient (Wildman–Crippen LogP) is 2.81. The first kappa shape index (κ1) is 20.5. The van der Waals surface area contributed by atoms with Gasteiger partial charge in [0.15, 0.2) is 0 Å². The second kappa shape index (κ2) is 7.84. The molecule has 9 heteroatoms. The largest absolute Gasteiger partial charge is 0.467 e. The summed E-state index contributed by atoms with van der Waals surface area (Å²) in [4.78, 5) is 38.3. The molecule has 1 aliphatic rings. The average Bonchev–Trinajstić information content (AvgIpc) is 3.34. The van der Waals surface area contributed by atoms with Crippen molar-refractivity contribution in [3.8, 4) is 0 Å². The second-order valence-electron chi connectivity index (χ2n) is 7.00. The highest BCUT2D eigenvalue weighted by Crippen LogP contribution is 2.31. The summed E-state index contributed by atoms with van der Waals surface area (Å²) < 4.78 is 31.4. The monoisotopic (exact) mass is 438 g/mol. The summed E-state index contributed by atoms with van der Waals surface area (Å²) in [5, 5.41) is 0. The maximum absolute atomic E-state index is 12.8. The van der Waals surface area contributed by atoms with Crippen LogP contribution >= 0.6 is 0 Å². The van der Waals surface area contributed by atoms with Crippen molar-refractivity contribution < 1.29 is 27.2 Å². The Morgan fingerprint density at radius 3 is 2.32 bits per heavy atom. The highest BCUT2D eigenvalue weighted by Gasteiger charge is 2.40. The van der Waals surface area contributed by atoms with Crippen LogP contribution in [-0.2, 0) is 27.9 Å². The smallest absolute Gasteiger partial charge is 0.269 e. The van der Waals surface area contributed by atoms with Gasteiger partial charge in [-0.2, -0.15) is 0 Å². The molecule has 158 valence electrons. The molecule has 1 aromatic heterocycles. The lowest BCUT2D eigenvalue weighted by Gasteiger charge is -2.19. The van der Waals surface area contributed by atoms with Crippen molar-refractivity contribution in [2.45, 2.75) is 24.9 Å². The van der Waals surface area contributed by atoms with Gasteiger partial charge in [-0.05, 0) is 42.0 Å². The summed E-state index contributed by atoms with van der Waals surface area (Å²) in [6, 6.07) is 15.5. The second-order valence-corrected chi connectivity index (χ2v) is 8.83. The average molecular weight is 438 g/mol. The Kier molecular flexibility index (Phi) is 5.20. The van der Waals surface area contributed by atoms with Crippen molar-refractivity contribution >= 4 is 27.7 Å². The van der Waals surface area contributed by atoms with E-state index in [1.807, 2.05) is 0 Å². The molecular formula is C22H18N2O6S. The highest BCUT2D eigenvalue weighted by atomic mass is 32.2. The number of benzene rings is 2. The van der Waals surface area contributed by atoms with Gasteiger partial charge in [-0.1, -0.05) is 24.3 Å². The van der Waals surface area contributed by atoms with Crippen LogP contribution < -0.4 is 0 Å². The van der Waals surface area contributed by atoms with Crippen molar-refractivity contribution in [2.24, 2.45) is 0 Å². The van der Waals surface area contributed by atoms with Gasteiger partial charge in [0, 0.05) is 12.5 Å². The maximum Gasteiger partial charge on any atom is 0.269 e. The van der Waals surface area contributed by atoms with Crippen LogP contribution in [0.2, 0.25) is 0 Å². The van der Waals surface area contributed by atoms with E-state index in [4.69, 9.17) is 4.42 Å².